The van der Waals surface area contributed by atoms with Crippen LogP contribution in [-0.4, -0.2) is 66.7 Å². The molecule has 0 aliphatic carbocycles. The van der Waals surface area contributed by atoms with Crippen LogP contribution < -0.4 is 0 Å². The molecule has 174 valence electrons. The van der Waals surface area contributed by atoms with E-state index in [1.54, 1.807) is 36.4 Å². The smallest absolute Gasteiger partial charge is 0.338 e. The fourth-order valence-electron chi connectivity index (χ4n) is 2.47. The van der Waals surface area contributed by atoms with Crippen LogP contribution in [0.3, 0.4) is 0 Å². The Labute approximate surface area is 186 Å². The lowest BCUT2D eigenvalue weighted by molar-refractivity contribution is -0.0274. The maximum atomic E-state index is 12.2. The molecule has 0 aliphatic rings. The van der Waals surface area contributed by atoms with Gasteiger partial charge in [-0.05, 0) is 24.3 Å². The summed E-state index contributed by atoms with van der Waals surface area (Å²) in [7, 11) is -8.27. The lowest BCUT2D eigenvalue weighted by Gasteiger charge is -2.25. The van der Waals surface area contributed by atoms with E-state index in [1.165, 1.54) is 24.3 Å². The number of carbonyl (C=O) groups is 2. The molecular weight excluding hydrogens is 464 g/mol. The summed E-state index contributed by atoms with van der Waals surface area (Å²) in [5.41, 5.74) is 0.364. The summed E-state index contributed by atoms with van der Waals surface area (Å²) in [4.78, 5) is 24.4. The second-order valence-electron chi connectivity index (χ2n) is 6.61. The molecule has 0 saturated carbocycles. The molecule has 0 fully saturated rings. The van der Waals surface area contributed by atoms with E-state index in [1.807, 2.05) is 0 Å². The second-order valence-corrected chi connectivity index (χ2v) is 9.81. The quantitative estimate of drug-likeness (QED) is 0.338. The Morgan fingerprint density at radius 3 is 1.25 bits per heavy atom. The maximum absolute atomic E-state index is 12.2. The molecule has 32 heavy (non-hydrogen) atoms. The van der Waals surface area contributed by atoms with E-state index >= 15 is 0 Å². The topological polar surface area (TPSA) is 139 Å². The van der Waals surface area contributed by atoms with Crippen LogP contribution in [0.5, 0.6) is 0 Å². The molecule has 2 aromatic carbocycles. The number of rotatable bonds is 11. The van der Waals surface area contributed by atoms with E-state index in [-0.39, 0.29) is 11.1 Å². The zero-order valence-electron chi connectivity index (χ0n) is 17.2. The third-order valence-electron chi connectivity index (χ3n) is 3.79. The first-order valence-electron chi connectivity index (χ1n) is 9.15. The monoisotopic (exact) mass is 486 g/mol. The average molecular weight is 487 g/mol. The first kappa shape index (κ1) is 25.5. The van der Waals surface area contributed by atoms with Gasteiger partial charge in [-0.25, -0.2) is 9.59 Å². The predicted octanol–water partition coefficient (Wildman–Crippen LogP) is 1.39. The molecular formula is C20H22O10S2. The molecule has 0 spiro atoms. The molecule has 2 atom stereocenters. The molecule has 0 aromatic heterocycles. The summed E-state index contributed by atoms with van der Waals surface area (Å²) in [6.07, 6.45) is -1.77. The van der Waals surface area contributed by atoms with Crippen LogP contribution in [0, 0.1) is 0 Å². The van der Waals surface area contributed by atoms with Crippen LogP contribution in [0.2, 0.25) is 0 Å². The summed E-state index contributed by atoms with van der Waals surface area (Å²) in [5, 5.41) is 0. The van der Waals surface area contributed by atoms with Crippen molar-refractivity contribution < 1.29 is 44.3 Å². The van der Waals surface area contributed by atoms with Crippen molar-refractivity contribution in [2.45, 2.75) is 12.2 Å². The highest BCUT2D eigenvalue weighted by molar-refractivity contribution is 7.86. The van der Waals surface area contributed by atoms with Crippen LogP contribution in [0.4, 0.5) is 0 Å². The van der Waals surface area contributed by atoms with Gasteiger partial charge in [0, 0.05) is 0 Å². The molecule has 2 aromatic rings. The van der Waals surface area contributed by atoms with Crippen molar-refractivity contribution >= 4 is 32.2 Å². The fraction of sp³-hybridized carbons (Fsp3) is 0.300. The van der Waals surface area contributed by atoms with Gasteiger partial charge in [0.15, 0.2) is 0 Å². The summed E-state index contributed by atoms with van der Waals surface area (Å²) in [5.74, 6) is -1.60. The van der Waals surface area contributed by atoms with Crippen molar-refractivity contribution in [2.75, 3.05) is 25.7 Å². The Balaban J connectivity index is 2.19. The van der Waals surface area contributed by atoms with Crippen molar-refractivity contribution in [3.8, 4) is 0 Å². The Morgan fingerprint density at radius 2 is 0.969 bits per heavy atom. The molecule has 0 N–H and O–H groups in total. The number of esters is 2. The number of hydrogen-bond donors (Lipinski definition) is 0. The number of ether oxygens (including phenoxy) is 2. The van der Waals surface area contributed by atoms with E-state index in [4.69, 9.17) is 17.8 Å². The van der Waals surface area contributed by atoms with E-state index in [0.717, 1.165) is 12.5 Å². The molecule has 12 heteroatoms. The minimum Gasteiger partial charge on any atom is -0.459 e. The standard InChI is InChI=1S/C20H22O10S2/c1-31(23,24)29-17(13-27-19(21)15-9-5-3-6-10-15)18(30-32(2,25)26)14-28-20(22)16-11-7-4-8-12-16/h3-12,17-18H,13-14H2,1-2H3/t17-,18-/m1/s1. The molecule has 0 saturated heterocycles. The largest absolute Gasteiger partial charge is 0.459 e. The first-order chi connectivity index (χ1) is 14.9. The molecule has 0 radical (unpaired) electrons. The molecule has 0 unspecified atom stereocenters. The van der Waals surface area contributed by atoms with Crippen LogP contribution in [0.25, 0.3) is 0 Å². The van der Waals surface area contributed by atoms with Gasteiger partial charge in [-0.1, -0.05) is 36.4 Å². The van der Waals surface area contributed by atoms with Crippen LogP contribution >= 0.6 is 0 Å². The normalized spacial score (nSPS) is 13.7. The Bertz CT molecular complexity index is 1020. The number of carbonyl (C=O) groups excluding carboxylic acids is 2. The highest BCUT2D eigenvalue weighted by Gasteiger charge is 2.33. The minimum atomic E-state index is -4.13. The van der Waals surface area contributed by atoms with E-state index < -0.39 is 57.6 Å². The van der Waals surface area contributed by atoms with E-state index in [0.29, 0.717) is 0 Å². The van der Waals surface area contributed by atoms with Gasteiger partial charge in [-0.2, -0.15) is 16.8 Å². The van der Waals surface area contributed by atoms with Crippen molar-refractivity contribution in [3.63, 3.8) is 0 Å². The Hall–Kier alpha value is -2.80. The molecule has 2 rings (SSSR count). The van der Waals surface area contributed by atoms with Crippen molar-refractivity contribution in [1.82, 2.24) is 0 Å². The average Bonchev–Trinajstić information content (AvgIpc) is 2.73. The van der Waals surface area contributed by atoms with Crippen LogP contribution in [-0.2, 0) is 38.1 Å². The third-order valence-corrected chi connectivity index (χ3v) is 4.98. The first-order valence-corrected chi connectivity index (χ1v) is 12.8. The zero-order chi connectivity index (χ0) is 23.8. The van der Waals surface area contributed by atoms with E-state index in [2.05, 4.69) is 0 Å². The lowest BCUT2D eigenvalue weighted by atomic mass is 10.2. The second kappa shape index (κ2) is 11.2. The molecule has 0 bridgehead atoms. The van der Waals surface area contributed by atoms with Gasteiger partial charge in [-0.3, -0.25) is 8.37 Å². The van der Waals surface area contributed by atoms with Crippen molar-refractivity contribution in [1.29, 1.82) is 0 Å². The van der Waals surface area contributed by atoms with Gasteiger partial charge in [0.1, 0.15) is 25.4 Å². The Morgan fingerprint density at radius 1 is 0.656 bits per heavy atom. The van der Waals surface area contributed by atoms with Gasteiger partial charge in [0.25, 0.3) is 20.2 Å². The highest BCUT2D eigenvalue weighted by Crippen LogP contribution is 2.14. The van der Waals surface area contributed by atoms with Gasteiger partial charge >= 0.3 is 11.9 Å². The highest BCUT2D eigenvalue weighted by atomic mass is 32.2. The summed E-state index contributed by atoms with van der Waals surface area (Å²) in [6, 6.07) is 15.6. The number of benzene rings is 2. The summed E-state index contributed by atoms with van der Waals surface area (Å²) >= 11 is 0. The van der Waals surface area contributed by atoms with Gasteiger partial charge in [0.2, 0.25) is 0 Å². The summed E-state index contributed by atoms with van der Waals surface area (Å²) in [6.45, 7) is -1.38. The van der Waals surface area contributed by atoms with Gasteiger partial charge in [0.05, 0.1) is 23.6 Å². The molecule has 0 heterocycles. The summed E-state index contributed by atoms with van der Waals surface area (Å²) < 4.78 is 66.8. The minimum absolute atomic E-state index is 0.182. The van der Waals surface area contributed by atoms with Crippen molar-refractivity contribution in [3.05, 3.63) is 71.8 Å². The molecule has 0 amide bonds. The van der Waals surface area contributed by atoms with E-state index in [9.17, 15) is 26.4 Å². The van der Waals surface area contributed by atoms with Gasteiger partial charge in [-0.15, -0.1) is 0 Å². The van der Waals surface area contributed by atoms with Gasteiger partial charge < -0.3 is 9.47 Å². The van der Waals surface area contributed by atoms with Crippen LogP contribution in [0.1, 0.15) is 20.7 Å². The molecule has 0 aliphatic heterocycles. The lowest BCUT2D eigenvalue weighted by Crippen LogP contribution is -2.42. The molecule has 10 nitrogen and oxygen atoms in total. The maximum Gasteiger partial charge on any atom is 0.338 e. The zero-order valence-corrected chi connectivity index (χ0v) is 18.9. The predicted molar refractivity (Wildman–Crippen MR) is 113 cm³/mol. The fourth-order valence-corrected chi connectivity index (χ4v) is 3.73. The van der Waals surface area contributed by atoms with Crippen LogP contribution in [0.15, 0.2) is 60.7 Å². The number of hydrogen-bond acceptors (Lipinski definition) is 10. The Kier molecular flexibility index (Phi) is 8.89. The third kappa shape index (κ3) is 9.14. The van der Waals surface area contributed by atoms with Crippen molar-refractivity contribution in [2.24, 2.45) is 0 Å². The SMILES string of the molecule is CS(=O)(=O)O[C@H](COC(=O)c1ccccc1)[C@@H](COC(=O)c1ccccc1)OS(C)(=O)=O.